The molecule has 3 rings (SSSR count). The molecule has 0 saturated carbocycles. The fraction of sp³-hybridized carbons (Fsp3) is 0.200. The lowest BCUT2D eigenvalue weighted by molar-refractivity contribution is -0.113. The summed E-state index contributed by atoms with van der Waals surface area (Å²) >= 11 is 2.60. The maximum atomic E-state index is 13.1. The van der Waals surface area contributed by atoms with Gasteiger partial charge in [0, 0.05) is 5.69 Å². The highest BCUT2D eigenvalue weighted by molar-refractivity contribution is 7.99. The Balaban J connectivity index is 1.59. The Kier molecular flexibility index (Phi) is 4.91. The van der Waals surface area contributed by atoms with Crippen LogP contribution >= 0.6 is 23.1 Å². The van der Waals surface area contributed by atoms with E-state index in [1.807, 2.05) is 13.8 Å². The Morgan fingerprint density at radius 2 is 2.21 bits per heavy atom. The minimum absolute atomic E-state index is 0.0822. The van der Waals surface area contributed by atoms with Crippen molar-refractivity contribution in [3.63, 3.8) is 0 Å². The number of halogens is 1. The third-order valence-electron chi connectivity index (χ3n) is 2.94. The van der Waals surface area contributed by atoms with Gasteiger partial charge in [-0.05, 0) is 32.0 Å². The monoisotopic (exact) mass is 364 g/mol. The molecule has 0 aliphatic rings. The molecule has 0 aliphatic carbocycles. The number of anilines is 1. The summed E-state index contributed by atoms with van der Waals surface area (Å²) in [6.45, 7) is 3.78. The number of rotatable bonds is 5. The standard InChI is InChI=1S/C15H13FN4O2S2/c1-8-13(24-9(2)17-8)14-19-20-15(22-14)23-7-12(21)18-11-5-3-4-10(16)6-11/h3-6H,7H2,1-2H3,(H,18,21). The van der Waals surface area contributed by atoms with Crippen LogP contribution in [0.15, 0.2) is 33.9 Å². The van der Waals surface area contributed by atoms with Gasteiger partial charge in [-0.25, -0.2) is 9.37 Å². The van der Waals surface area contributed by atoms with Gasteiger partial charge in [0.2, 0.25) is 5.91 Å². The van der Waals surface area contributed by atoms with Gasteiger partial charge in [0.15, 0.2) is 0 Å². The number of aromatic nitrogens is 3. The van der Waals surface area contributed by atoms with Gasteiger partial charge in [-0.2, -0.15) is 0 Å². The van der Waals surface area contributed by atoms with E-state index in [1.54, 1.807) is 6.07 Å². The molecule has 9 heteroatoms. The third kappa shape index (κ3) is 3.98. The van der Waals surface area contributed by atoms with E-state index >= 15 is 0 Å². The van der Waals surface area contributed by atoms with Crippen molar-refractivity contribution in [1.82, 2.24) is 15.2 Å². The number of hydrogen-bond donors (Lipinski definition) is 1. The lowest BCUT2D eigenvalue weighted by Crippen LogP contribution is -2.14. The number of thioether (sulfide) groups is 1. The zero-order valence-electron chi connectivity index (χ0n) is 12.9. The molecule has 0 unspecified atom stereocenters. The second-order valence-electron chi connectivity index (χ2n) is 4.87. The second-order valence-corrected chi connectivity index (χ2v) is 7.00. The molecule has 0 bridgehead atoms. The number of nitrogens with zero attached hydrogens (tertiary/aromatic N) is 3. The lowest BCUT2D eigenvalue weighted by atomic mass is 10.3. The molecule has 1 N–H and O–H groups in total. The van der Waals surface area contributed by atoms with E-state index in [0.29, 0.717) is 16.8 Å². The molecular formula is C15H13FN4O2S2. The maximum Gasteiger partial charge on any atom is 0.277 e. The Morgan fingerprint density at radius 3 is 2.92 bits per heavy atom. The summed E-state index contributed by atoms with van der Waals surface area (Å²) in [4.78, 5) is 17.0. The normalized spacial score (nSPS) is 10.8. The SMILES string of the molecule is Cc1nc(C)c(-c2nnc(SCC(=O)Nc3cccc(F)c3)o2)s1. The van der Waals surface area contributed by atoms with Gasteiger partial charge in [-0.1, -0.05) is 17.8 Å². The average Bonchev–Trinajstić information content (AvgIpc) is 3.11. The zero-order valence-corrected chi connectivity index (χ0v) is 14.5. The van der Waals surface area contributed by atoms with Gasteiger partial charge in [-0.3, -0.25) is 4.79 Å². The van der Waals surface area contributed by atoms with Crippen molar-refractivity contribution in [2.45, 2.75) is 19.1 Å². The molecule has 6 nitrogen and oxygen atoms in total. The Labute approximate surface area is 145 Å². The number of carbonyl (C=O) groups is 1. The third-order valence-corrected chi connectivity index (χ3v) is 4.82. The topological polar surface area (TPSA) is 80.9 Å². The molecule has 0 saturated heterocycles. The second kappa shape index (κ2) is 7.10. The van der Waals surface area contributed by atoms with Crippen LogP contribution in [-0.2, 0) is 4.79 Å². The quantitative estimate of drug-likeness (QED) is 0.696. The smallest absolute Gasteiger partial charge is 0.277 e. The molecule has 1 amide bonds. The van der Waals surface area contributed by atoms with Crippen molar-refractivity contribution in [2.75, 3.05) is 11.1 Å². The largest absolute Gasteiger partial charge is 0.410 e. The van der Waals surface area contributed by atoms with E-state index < -0.39 is 5.82 Å². The number of carbonyl (C=O) groups excluding carboxylic acids is 1. The summed E-state index contributed by atoms with van der Waals surface area (Å²) in [5.41, 5.74) is 1.24. The predicted octanol–water partition coefficient (Wildman–Crippen LogP) is 3.68. The molecule has 24 heavy (non-hydrogen) atoms. The highest BCUT2D eigenvalue weighted by Gasteiger charge is 2.16. The summed E-state index contributed by atoms with van der Waals surface area (Å²) < 4.78 is 18.6. The van der Waals surface area contributed by atoms with Crippen LogP contribution in [-0.4, -0.2) is 26.8 Å². The van der Waals surface area contributed by atoms with Gasteiger partial charge in [0.25, 0.3) is 11.1 Å². The lowest BCUT2D eigenvalue weighted by Gasteiger charge is -2.03. The summed E-state index contributed by atoms with van der Waals surface area (Å²) in [6.07, 6.45) is 0. The molecule has 1 aromatic carbocycles. The molecule has 124 valence electrons. The van der Waals surface area contributed by atoms with E-state index in [-0.39, 0.29) is 11.7 Å². The molecule has 3 aromatic rings. The van der Waals surface area contributed by atoms with E-state index in [1.165, 1.54) is 29.5 Å². The first-order valence-electron chi connectivity index (χ1n) is 6.97. The maximum absolute atomic E-state index is 13.1. The number of thiazole rings is 1. The summed E-state index contributed by atoms with van der Waals surface area (Å²) in [6, 6.07) is 5.71. The van der Waals surface area contributed by atoms with Crippen molar-refractivity contribution in [1.29, 1.82) is 0 Å². The molecule has 0 aliphatic heterocycles. The van der Waals surface area contributed by atoms with Crippen LogP contribution in [0.25, 0.3) is 10.8 Å². The van der Waals surface area contributed by atoms with Crippen LogP contribution in [0, 0.1) is 19.7 Å². The molecular weight excluding hydrogens is 351 g/mol. The highest BCUT2D eigenvalue weighted by atomic mass is 32.2. The van der Waals surface area contributed by atoms with E-state index in [2.05, 4.69) is 20.5 Å². The first kappa shape index (κ1) is 16.6. The van der Waals surface area contributed by atoms with E-state index in [4.69, 9.17) is 4.42 Å². The highest BCUT2D eigenvalue weighted by Crippen LogP contribution is 2.30. The van der Waals surface area contributed by atoms with Crippen LogP contribution < -0.4 is 5.32 Å². The molecule has 0 radical (unpaired) electrons. The number of amides is 1. The minimum atomic E-state index is -0.405. The first-order chi connectivity index (χ1) is 11.5. The fourth-order valence-electron chi connectivity index (χ4n) is 1.98. The van der Waals surface area contributed by atoms with Crippen molar-refractivity contribution >= 4 is 34.7 Å². The van der Waals surface area contributed by atoms with Crippen LogP contribution in [0.4, 0.5) is 10.1 Å². The zero-order chi connectivity index (χ0) is 17.1. The van der Waals surface area contributed by atoms with Crippen molar-refractivity contribution in [2.24, 2.45) is 0 Å². The van der Waals surface area contributed by atoms with Gasteiger partial charge in [0.05, 0.1) is 16.5 Å². The Morgan fingerprint density at radius 1 is 1.38 bits per heavy atom. The van der Waals surface area contributed by atoms with Crippen LogP contribution in [0.1, 0.15) is 10.7 Å². The summed E-state index contributed by atoms with van der Waals surface area (Å²) in [7, 11) is 0. The van der Waals surface area contributed by atoms with Crippen LogP contribution in [0.5, 0.6) is 0 Å². The number of aryl methyl sites for hydroxylation is 2. The number of benzene rings is 1. The molecule has 2 aromatic heterocycles. The fourth-order valence-corrected chi connectivity index (χ4v) is 3.38. The van der Waals surface area contributed by atoms with Gasteiger partial charge >= 0.3 is 0 Å². The Bertz CT molecular complexity index is 878. The van der Waals surface area contributed by atoms with Gasteiger partial charge < -0.3 is 9.73 Å². The van der Waals surface area contributed by atoms with Crippen LogP contribution in [0.2, 0.25) is 0 Å². The Hall–Kier alpha value is -2.26. The van der Waals surface area contributed by atoms with Crippen molar-refractivity contribution < 1.29 is 13.6 Å². The number of nitrogens with one attached hydrogen (secondary N) is 1. The molecule has 0 spiro atoms. The predicted molar refractivity (Wildman–Crippen MR) is 90.6 cm³/mol. The first-order valence-corrected chi connectivity index (χ1v) is 8.77. The minimum Gasteiger partial charge on any atom is -0.410 e. The van der Waals surface area contributed by atoms with Gasteiger partial charge in [-0.15, -0.1) is 21.5 Å². The summed E-state index contributed by atoms with van der Waals surface area (Å²) in [5.74, 6) is -0.211. The average molecular weight is 364 g/mol. The van der Waals surface area contributed by atoms with E-state index in [0.717, 1.165) is 27.3 Å². The van der Waals surface area contributed by atoms with Gasteiger partial charge in [0.1, 0.15) is 10.7 Å². The van der Waals surface area contributed by atoms with Crippen LogP contribution in [0.3, 0.4) is 0 Å². The molecule has 2 heterocycles. The van der Waals surface area contributed by atoms with Crippen molar-refractivity contribution in [3.8, 4) is 10.8 Å². The van der Waals surface area contributed by atoms with E-state index in [9.17, 15) is 9.18 Å². The van der Waals surface area contributed by atoms with Crippen molar-refractivity contribution in [3.05, 3.63) is 40.8 Å². The summed E-state index contributed by atoms with van der Waals surface area (Å²) in [5, 5.41) is 11.7. The number of hydrogen-bond acceptors (Lipinski definition) is 7. The molecule has 0 atom stereocenters. The molecule has 0 fully saturated rings.